The van der Waals surface area contributed by atoms with Crippen LogP contribution in [0.15, 0.2) is 54.6 Å². The zero-order valence-electron chi connectivity index (χ0n) is 15.4. The second-order valence-electron chi connectivity index (χ2n) is 7.94. The average Bonchev–Trinajstić information content (AvgIpc) is 2.68. The van der Waals surface area contributed by atoms with Crippen molar-refractivity contribution in [1.82, 2.24) is 9.88 Å². The number of para-hydroxylation sites is 1. The van der Waals surface area contributed by atoms with Gasteiger partial charge in [0.15, 0.2) is 0 Å². The molecule has 3 aromatic rings. The maximum atomic E-state index is 5.63. The maximum Gasteiger partial charge on any atom is 0.0760 e. The lowest BCUT2D eigenvalue weighted by Crippen LogP contribution is -2.47. The van der Waals surface area contributed by atoms with E-state index < -0.39 is 0 Å². The lowest BCUT2D eigenvalue weighted by molar-refractivity contribution is -0.000965. The van der Waals surface area contributed by atoms with E-state index in [1.54, 1.807) is 0 Å². The summed E-state index contributed by atoms with van der Waals surface area (Å²) in [6.07, 6.45) is 0. The highest BCUT2D eigenvalue weighted by molar-refractivity contribution is 5.85. The Morgan fingerprint density at radius 1 is 1.00 bits per heavy atom. The van der Waals surface area contributed by atoms with Crippen molar-refractivity contribution in [2.24, 2.45) is 0 Å². The van der Waals surface area contributed by atoms with Crippen LogP contribution in [0, 0.1) is 0 Å². The molecule has 132 valence electrons. The summed E-state index contributed by atoms with van der Waals surface area (Å²) < 4.78 is 5.63. The van der Waals surface area contributed by atoms with Gasteiger partial charge >= 0.3 is 0 Å². The summed E-state index contributed by atoms with van der Waals surface area (Å²) in [7, 11) is 0. The molecule has 2 aromatic carbocycles. The molecule has 0 radical (unpaired) electrons. The summed E-state index contributed by atoms with van der Waals surface area (Å²) in [5, 5.41) is 1.22. The Kier molecular flexibility index (Phi) is 3.63. The molecule has 1 aromatic heterocycles. The van der Waals surface area contributed by atoms with Crippen LogP contribution in [0.4, 0.5) is 0 Å². The zero-order valence-corrected chi connectivity index (χ0v) is 15.4. The van der Waals surface area contributed by atoms with Gasteiger partial charge in [0, 0.05) is 35.5 Å². The first-order valence-corrected chi connectivity index (χ1v) is 9.47. The highest BCUT2D eigenvalue weighted by Gasteiger charge is 2.43. The normalized spacial score (nSPS) is 22.0. The largest absolute Gasteiger partial charge is 0.379 e. The third-order valence-electron chi connectivity index (χ3n) is 6.02. The Balaban J connectivity index is 1.80. The van der Waals surface area contributed by atoms with E-state index in [4.69, 9.17) is 9.72 Å². The van der Waals surface area contributed by atoms with E-state index >= 15 is 0 Å². The molecule has 0 bridgehead atoms. The first-order chi connectivity index (χ1) is 12.7. The van der Waals surface area contributed by atoms with Crippen LogP contribution in [0.3, 0.4) is 0 Å². The third-order valence-corrected chi connectivity index (χ3v) is 6.02. The zero-order chi connectivity index (χ0) is 17.7. The van der Waals surface area contributed by atoms with Crippen molar-refractivity contribution < 1.29 is 4.74 Å². The molecular weight excluding hydrogens is 320 g/mol. The molecule has 5 rings (SSSR count). The predicted molar refractivity (Wildman–Crippen MR) is 105 cm³/mol. The summed E-state index contributed by atoms with van der Waals surface area (Å²) in [4.78, 5) is 7.70. The van der Waals surface area contributed by atoms with Crippen LogP contribution in [-0.2, 0) is 10.2 Å². The number of pyridine rings is 1. The summed E-state index contributed by atoms with van der Waals surface area (Å²) >= 11 is 0. The first kappa shape index (κ1) is 16.0. The van der Waals surface area contributed by atoms with Gasteiger partial charge in [0.2, 0.25) is 0 Å². The molecule has 0 saturated carbocycles. The summed E-state index contributed by atoms with van der Waals surface area (Å²) in [6.45, 7) is 8.33. The molecule has 26 heavy (non-hydrogen) atoms. The molecule has 0 N–H and O–H groups in total. The third kappa shape index (κ3) is 2.31. The average molecular weight is 344 g/mol. The Bertz CT molecular complexity index is 973. The van der Waals surface area contributed by atoms with Gasteiger partial charge in [0.1, 0.15) is 0 Å². The number of benzene rings is 2. The first-order valence-electron chi connectivity index (χ1n) is 9.47. The van der Waals surface area contributed by atoms with Crippen LogP contribution in [0.25, 0.3) is 22.2 Å². The smallest absolute Gasteiger partial charge is 0.0760 e. The van der Waals surface area contributed by atoms with Gasteiger partial charge in [0.05, 0.1) is 24.4 Å². The molecule has 0 amide bonds. The fourth-order valence-corrected chi connectivity index (χ4v) is 4.83. The highest BCUT2D eigenvalue weighted by atomic mass is 16.5. The van der Waals surface area contributed by atoms with E-state index in [9.17, 15) is 0 Å². The standard InChI is InChI=1S/C23H24N2O/c1-23(2)19-9-5-4-8-17(19)21-18(22(23)25-11-13-26-14-12-25)15-16-7-3-6-10-20(16)24-21/h3-10,15,22H,11-14H2,1-2H3/t22-/m0/s1. The fourth-order valence-electron chi connectivity index (χ4n) is 4.83. The molecule has 1 fully saturated rings. The van der Waals surface area contributed by atoms with Crippen molar-refractivity contribution in [3.63, 3.8) is 0 Å². The van der Waals surface area contributed by atoms with Crippen LogP contribution in [0.1, 0.15) is 31.0 Å². The maximum absolute atomic E-state index is 5.63. The van der Waals surface area contributed by atoms with Crippen molar-refractivity contribution in [3.05, 3.63) is 65.7 Å². The van der Waals surface area contributed by atoms with E-state index in [1.165, 1.54) is 22.1 Å². The van der Waals surface area contributed by atoms with E-state index in [0.717, 1.165) is 37.5 Å². The van der Waals surface area contributed by atoms with E-state index in [0.29, 0.717) is 6.04 Å². The van der Waals surface area contributed by atoms with Gasteiger partial charge in [-0.1, -0.05) is 56.3 Å². The SMILES string of the molecule is CC1(C)c2ccccc2-c2nc3ccccc3cc2[C@@H]1N1CCOCC1. The molecule has 2 aliphatic rings. The molecule has 1 atom stereocenters. The number of hydrogen-bond donors (Lipinski definition) is 0. The molecular formula is C23H24N2O. The lowest BCUT2D eigenvalue weighted by atomic mass is 9.67. The second-order valence-corrected chi connectivity index (χ2v) is 7.94. The number of aromatic nitrogens is 1. The molecule has 2 heterocycles. The number of morpholine rings is 1. The van der Waals surface area contributed by atoms with Crippen LogP contribution in [0.2, 0.25) is 0 Å². The van der Waals surface area contributed by atoms with Gasteiger partial charge < -0.3 is 4.74 Å². The fraction of sp³-hybridized carbons (Fsp3) is 0.348. The highest BCUT2D eigenvalue weighted by Crippen LogP contribution is 2.51. The van der Waals surface area contributed by atoms with Crippen molar-refractivity contribution in [1.29, 1.82) is 0 Å². The molecule has 3 heteroatoms. The minimum absolute atomic E-state index is 0.0189. The van der Waals surface area contributed by atoms with Crippen molar-refractivity contribution in [2.45, 2.75) is 25.3 Å². The number of hydrogen-bond acceptors (Lipinski definition) is 3. The number of fused-ring (bicyclic) bond motifs is 4. The minimum atomic E-state index is 0.0189. The summed E-state index contributed by atoms with van der Waals surface area (Å²) in [6, 6.07) is 19.9. The van der Waals surface area contributed by atoms with E-state index in [-0.39, 0.29) is 5.41 Å². The van der Waals surface area contributed by atoms with Gasteiger partial charge in [0.25, 0.3) is 0 Å². The van der Waals surface area contributed by atoms with Crippen LogP contribution in [-0.4, -0.2) is 36.2 Å². The van der Waals surface area contributed by atoms with Crippen LogP contribution < -0.4 is 0 Å². The van der Waals surface area contributed by atoms with Crippen molar-refractivity contribution >= 4 is 10.9 Å². The quantitative estimate of drug-likeness (QED) is 0.647. The topological polar surface area (TPSA) is 25.4 Å². The van der Waals surface area contributed by atoms with E-state index in [2.05, 4.69) is 73.3 Å². The van der Waals surface area contributed by atoms with Gasteiger partial charge in [-0.25, -0.2) is 4.98 Å². The predicted octanol–water partition coefficient (Wildman–Crippen LogP) is 4.57. The molecule has 0 spiro atoms. The van der Waals surface area contributed by atoms with Gasteiger partial charge in [-0.05, 0) is 23.3 Å². The van der Waals surface area contributed by atoms with Crippen molar-refractivity contribution in [3.8, 4) is 11.3 Å². The summed E-state index contributed by atoms with van der Waals surface area (Å²) in [5.74, 6) is 0. The Labute approximate surface area is 154 Å². The Morgan fingerprint density at radius 3 is 2.58 bits per heavy atom. The molecule has 3 nitrogen and oxygen atoms in total. The van der Waals surface area contributed by atoms with Crippen LogP contribution >= 0.6 is 0 Å². The Morgan fingerprint density at radius 2 is 1.73 bits per heavy atom. The molecule has 0 unspecified atom stereocenters. The monoisotopic (exact) mass is 344 g/mol. The molecule has 1 saturated heterocycles. The van der Waals surface area contributed by atoms with E-state index in [1.807, 2.05) is 0 Å². The van der Waals surface area contributed by atoms with Gasteiger partial charge in [-0.2, -0.15) is 0 Å². The van der Waals surface area contributed by atoms with Crippen LogP contribution in [0.5, 0.6) is 0 Å². The van der Waals surface area contributed by atoms with Gasteiger partial charge in [-0.3, -0.25) is 4.90 Å². The number of nitrogens with zero attached hydrogens (tertiary/aromatic N) is 2. The lowest BCUT2D eigenvalue weighted by Gasteiger charge is -2.48. The number of rotatable bonds is 1. The Hall–Kier alpha value is -2.23. The summed E-state index contributed by atoms with van der Waals surface area (Å²) in [5.41, 5.74) is 6.27. The van der Waals surface area contributed by atoms with Crippen molar-refractivity contribution in [2.75, 3.05) is 26.3 Å². The minimum Gasteiger partial charge on any atom is -0.379 e. The molecule has 1 aliphatic heterocycles. The molecule has 1 aliphatic carbocycles. The number of ether oxygens (including phenoxy) is 1. The van der Waals surface area contributed by atoms with Gasteiger partial charge in [-0.15, -0.1) is 0 Å². The second kappa shape index (κ2) is 5.90.